The van der Waals surface area contributed by atoms with Crippen LogP contribution in [-0.4, -0.2) is 52.9 Å². The molecule has 1 aromatic carbocycles. The lowest BCUT2D eigenvalue weighted by Gasteiger charge is -2.16. The Labute approximate surface area is 151 Å². The van der Waals surface area contributed by atoms with Crippen molar-refractivity contribution in [2.45, 2.75) is 31.1 Å². The Balaban J connectivity index is 1.44. The van der Waals surface area contributed by atoms with Crippen LogP contribution in [0.5, 0.6) is 5.75 Å². The first kappa shape index (κ1) is 17.0. The van der Waals surface area contributed by atoms with Gasteiger partial charge in [-0.2, -0.15) is 5.10 Å². The first-order chi connectivity index (χ1) is 12.7. The fourth-order valence-electron chi connectivity index (χ4n) is 3.59. The zero-order valence-corrected chi connectivity index (χ0v) is 14.8. The fourth-order valence-corrected chi connectivity index (χ4v) is 3.59. The van der Waals surface area contributed by atoms with Crippen LogP contribution < -0.4 is 4.74 Å². The highest BCUT2D eigenvalue weighted by atomic mass is 19.1. The van der Waals surface area contributed by atoms with E-state index in [1.165, 1.54) is 0 Å². The molecule has 0 radical (unpaired) electrons. The number of halogens is 1. The predicted octanol–water partition coefficient (Wildman–Crippen LogP) is 2.44. The van der Waals surface area contributed by atoms with E-state index in [2.05, 4.69) is 15.2 Å². The van der Waals surface area contributed by atoms with E-state index < -0.39 is 6.67 Å². The number of alkyl halides is 1. The van der Waals surface area contributed by atoms with E-state index in [1.54, 1.807) is 12.0 Å². The summed E-state index contributed by atoms with van der Waals surface area (Å²) in [6.07, 6.45) is 2.53. The quantitative estimate of drug-likeness (QED) is 0.861. The molecule has 0 spiro atoms. The molecule has 0 bridgehead atoms. The van der Waals surface area contributed by atoms with Crippen molar-refractivity contribution in [2.75, 3.05) is 26.9 Å². The zero-order valence-electron chi connectivity index (χ0n) is 14.8. The monoisotopic (exact) mass is 358 g/mol. The minimum atomic E-state index is -0.465. The number of carbonyl (C=O) groups is 1. The molecule has 2 atom stereocenters. The Bertz CT molecular complexity index is 789. The van der Waals surface area contributed by atoms with Gasteiger partial charge in [-0.05, 0) is 30.5 Å². The molecule has 4 rings (SSSR count). The van der Waals surface area contributed by atoms with E-state index in [0.29, 0.717) is 24.8 Å². The smallest absolute Gasteiger partial charge is 0.227 e. The Hall–Kier alpha value is -2.44. The number of aromatic amines is 1. The summed E-state index contributed by atoms with van der Waals surface area (Å²) < 4.78 is 18.8. The molecule has 2 fully saturated rings. The lowest BCUT2D eigenvalue weighted by Crippen LogP contribution is -2.30. The van der Waals surface area contributed by atoms with E-state index in [9.17, 15) is 9.18 Å². The number of hydrogen-bond acceptors (Lipinski definition) is 4. The number of benzene rings is 1. The van der Waals surface area contributed by atoms with E-state index in [4.69, 9.17) is 4.74 Å². The molecule has 26 heavy (non-hydrogen) atoms. The van der Waals surface area contributed by atoms with E-state index in [-0.39, 0.29) is 24.2 Å². The van der Waals surface area contributed by atoms with Crippen molar-refractivity contribution in [3.05, 3.63) is 41.5 Å². The SMILES string of the molecule is COc1cccc(CC(=O)N2C[C@@H](CF)[C@H](c3nc(C4CC4)n[nH]3)C2)c1. The van der Waals surface area contributed by atoms with Crippen molar-refractivity contribution in [2.24, 2.45) is 5.92 Å². The second-order valence-electron chi connectivity index (χ2n) is 7.20. The third-order valence-electron chi connectivity index (χ3n) is 5.30. The average molecular weight is 358 g/mol. The number of rotatable bonds is 6. The number of H-pyrrole nitrogens is 1. The van der Waals surface area contributed by atoms with Crippen LogP contribution in [0.1, 0.15) is 41.9 Å². The van der Waals surface area contributed by atoms with E-state index >= 15 is 0 Å². The Morgan fingerprint density at radius 2 is 2.23 bits per heavy atom. The molecule has 7 heteroatoms. The van der Waals surface area contributed by atoms with Gasteiger partial charge in [-0.3, -0.25) is 14.3 Å². The van der Waals surface area contributed by atoms with Gasteiger partial charge in [0.15, 0.2) is 5.82 Å². The highest BCUT2D eigenvalue weighted by Gasteiger charge is 2.39. The molecule has 138 valence electrons. The third-order valence-corrected chi connectivity index (χ3v) is 5.30. The second-order valence-corrected chi connectivity index (χ2v) is 7.20. The van der Waals surface area contributed by atoms with Crippen LogP contribution in [0, 0.1) is 5.92 Å². The highest BCUT2D eigenvalue weighted by Crippen LogP contribution is 2.39. The summed E-state index contributed by atoms with van der Waals surface area (Å²) in [6.45, 7) is 0.438. The summed E-state index contributed by atoms with van der Waals surface area (Å²) in [5.74, 6) is 2.38. The normalized spacial score (nSPS) is 22.6. The van der Waals surface area contributed by atoms with Gasteiger partial charge in [-0.15, -0.1) is 0 Å². The molecule has 1 aromatic heterocycles. The summed E-state index contributed by atoms with van der Waals surface area (Å²) in [4.78, 5) is 19.0. The minimum Gasteiger partial charge on any atom is -0.497 e. The Kier molecular flexibility index (Phi) is 4.61. The van der Waals surface area contributed by atoms with Crippen LogP contribution in [0.3, 0.4) is 0 Å². The van der Waals surface area contributed by atoms with Gasteiger partial charge >= 0.3 is 0 Å². The van der Waals surface area contributed by atoms with E-state index in [1.807, 2.05) is 24.3 Å². The van der Waals surface area contributed by atoms with Crippen molar-refractivity contribution in [3.8, 4) is 5.75 Å². The van der Waals surface area contributed by atoms with Crippen LogP contribution in [-0.2, 0) is 11.2 Å². The molecule has 1 saturated carbocycles. The van der Waals surface area contributed by atoms with Gasteiger partial charge in [-0.25, -0.2) is 4.98 Å². The van der Waals surface area contributed by atoms with Gasteiger partial charge in [-0.1, -0.05) is 12.1 Å². The van der Waals surface area contributed by atoms with Crippen LogP contribution in [0.25, 0.3) is 0 Å². The number of ether oxygens (including phenoxy) is 1. The van der Waals surface area contributed by atoms with Gasteiger partial charge in [0.1, 0.15) is 11.6 Å². The predicted molar refractivity (Wildman–Crippen MR) is 93.8 cm³/mol. The number of aromatic nitrogens is 3. The summed E-state index contributed by atoms with van der Waals surface area (Å²) in [5.41, 5.74) is 0.894. The van der Waals surface area contributed by atoms with Crippen LogP contribution in [0.4, 0.5) is 4.39 Å². The molecule has 2 aromatic rings. The number of hydrogen-bond donors (Lipinski definition) is 1. The van der Waals surface area contributed by atoms with Crippen molar-refractivity contribution < 1.29 is 13.9 Å². The zero-order chi connectivity index (χ0) is 18.1. The first-order valence-corrected chi connectivity index (χ1v) is 9.06. The van der Waals surface area contributed by atoms with Crippen LogP contribution in [0.2, 0.25) is 0 Å². The molecule has 1 aliphatic heterocycles. The van der Waals surface area contributed by atoms with Crippen LogP contribution >= 0.6 is 0 Å². The molecule has 0 unspecified atom stereocenters. The molecule has 1 aliphatic carbocycles. The average Bonchev–Trinajstić information content (AvgIpc) is 3.23. The minimum absolute atomic E-state index is 0.00105. The summed E-state index contributed by atoms with van der Waals surface area (Å²) >= 11 is 0. The fraction of sp³-hybridized carbons (Fsp3) is 0.526. The Morgan fingerprint density at radius 1 is 1.38 bits per heavy atom. The molecule has 6 nitrogen and oxygen atoms in total. The largest absolute Gasteiger partial charge is 0.497 e. The number of amides is 1. The highest BCUT2D eigenvalue weighted by molar-refractivity contribution is 5.79. The number of methoxy groups -OCH3 is 1. The Morgan fingerprint density at radius 3 is 2.96 bits per heavy atom. The summed E-state index contributed by atoms with van der Waals surface area (Å²) in [5, 5.41) is 7.25. The standard InChI is InChI=1S/C19H23FN4O2/c1-26-15-4-2-3-12(7-15)8-17(25)24-10-14(9-20)16(11-24)19-21-18(22-23-19)13-5-6-13/h2-4,7,13-14,16H,5-6,8-11H2,1H3,(H,21,22,23)/t14-,16-/m1/s1. The molecular weight excluding hydrogens is 335 g/mol. The summed E-state index contributed by atoms with van der Waals surface area (Å²) in [7, 11) is 1.60. The first-order valence-electron chi connectivity index (χ1n) is 9.06. The molecule has 2 heterocycles. The van der Waals surface area contributed by atoms with Gasteiger partial charge < -0.3 is 9.64 Å². The molecule has 1 amide bonds. The number of carbonyl (C=O) groups excluding carboxylic acids is 1. The van der Waals surface area contributed by atoms with Gasteiger partial charge in [0.05, 0.1) is 20.2 Å². The van der Waals surface area contributed by atoms with Crippen molar-refractivity contribution in [1.29, 1.82) is 0 Å². The number of likely N-dealkylation sites (tertiary alicyclic amines) is 1. The van der Waals surface area contributed by atoms with Gasteiger partial charge in [0.25, 0.3) is 0 Å². The number of nitrogens with one attached hydrogen (secondary N) is 1. The summed E-state index contributed by atoms with van der Waals surface area (Å²) in [6, 6.07) is 7.47. The maximum Gasteiger partial charge on any atom is 0.227 e. The number of nitrogens with zero attached hydrogens (tertiary/aromatic N) is 3. The third kappa shape index (κ3) is 3.43. The maximum absolute atomic E-state index is 13.6. The lowest BCUT2D eigenvalue weighted by atomic mass is 9.97. The van der Waals surface area contributed by atoms with Crippen molar-refractivity contribution in [3.63, 3.8) is 0 Å². The van der Waals surface area contributed by atoms with E-state index in [0.717, 1.165) is 30.0 Å². The van der Waals surface area contributed by atoms with Gasteiger partial charge in [0.2, 0.25) is 5.91 Å². The second kappa shape index (κ2) is 7.05. The molecule has 1 saturated heterocycles. The topological polar surface area (TPSA) is 71.1 Å². The van der Waals surface area contributed by atoms with Crippen molar-refractivity contribution >= 4 is 5.91 Å². The van der Waals surface area contributed by atoms with Crippen molar-refractivity contribution in [1.82, 2.24) is 20.1 Å². The van der Waals surface area contributed by atoms with Crippen LogP contribution in [0.15, 0.2) is 24.3 Å². The van der Waals surface area contributed by atoms with Gasteiger partial charge in [0, 0.05) is 30.8 Å². The molecule has 2 aliphatic rings. The maximum atomic E-state index is 13.6. The molecular formula is C19H23FN4O2. The lowest BCUT2D eigenvalue weighted by molar-refractivity contribution is -0.129. The molecule has 1 N–H and O–H groups in total.